The normalized spacial score (nSPS) is 25.5. The quantitative estimate of drug-likeness (QED) is 0.871. The van der Waals surface area contributed by atoms with Gasteiger partial charge < -0.3 is 19.7 Å². The Morgan fingerprint density at radius 1 is 1.33 bits per heavy atom. The molecular formula is C15H18O6. The lowest BCUT2D eigenvalue weighted by Gasteiger charge is -2.36. The number of carbonyl (C=O) groups is 2. The fourth-order valence-electron chi connectivity index (χ4n) is 2.88. The van der Waals surface area contributed by atoms with Crippen LogP contribution in [-0.2, 0) is 9.59 Å². The number of Topliss-reactive ketones (excluding diaryl/α,β-unsaturated/α-hetero) is 1. The van der Waals surface area contributed by atoms with E-state index in [1.54, 1.807) is 18.2 Å². The molecule has 114 valence electrons. The fourth-order valence-corrected chi connectivity index (χ4v) is 2.88. The molecule has 1 aromatic rings. The zero-order valence-electron chi connectivity index (χ0n) is 12.0. The van der Waals surface area contributed by atoms with E-state index in [9.17, 15) is 19.8 Å². The number of carboxylic acid groups (broad SMARTS) is 1. The maximum absolute atomic E-state index is 11.6. The van der Waals surface area contributed by atoms with E-state index in [4.69, 9.17) is 9.47 Å². The molecule has 1 aliphatic rings. The number of carboxylic acids is 1. The van der Waals surface area contributed by atoms with Crippen molar-refractivity contribution in [2.24, 2.45) is 0 Å². The number of methoxy groups -OCH3 is 2. The Labute approximate surface area is 122 Å². The number of carbonyl (C=O) groups excluding carboxylic acids is 1. The number of benzene rings is 1. The highest BCUT2D eigenvalue weighted by Crippen LogP contribution is 2.45. The van der Waals surface area contributed by atoms with Crippen LogP contribution in [0.3, 0.4) is 0 Å². The number of aliphatic hydroxyl groups is 1. The summed E-state index contributed by atoms with van der Waals surface area (Å²) in [5, 5.41) is 19.9. The lowest BCUT2D eigenvalue weighted by atomic mass is 9.71. The van der Waals surface area contributed by atoms with Gasteiger partial charge in [-0.2, -0.15) is 0 Å². The Bertz CT molecular complexity index is 567. The predicted molar refractivity (Wildman–Crippen MR) is 73.7 cm³/mol. The van der Waals surface area contributed by atoms with Gasteiger partial charge in [-0.25, -0.2) is 4.79 Å². The van der Waals surface area contributed by atoms with Gasteiger partial charge in [0, 0.05) is 24.3 Å². The first kappa shape index (κ1) is 15.3. The molecule has 2 atom stereocenters. The third kappa shape index (κ3) is 2.58. The van der Waals surface area contributed by atoms with Gasteiger partial charge in [0.05, 0.1) is 14.2 Å². The van der Waals surface area contributed by atoms with Crippen LogP contribution >= 0.6 is 0 Å². The van der Waals surface area contributed by atoms with E-state index in [-0.39, 0.29) is 18.6 Å². The highest BCUT2D eigenvalue weighted by atomic mass is 16.5. The molecule has 1 saturated carbocycles. The van der Waals surface area contributed by atoms with Crippen molar-refractivity contribution in [2.45, 2.75) is 30.8 Å². The Morgan fingerprint density at radius 3 is 2.62 bits per heavy atom. The summed E-state index contributed by atoms with van der Waals surface area (Å²) in [6, 6.07) is 5.08. The van der Waals surface area contributed by atoms with Gasteiger partial charge in [-0.05, 0) is 12.5 Å². The monoisotopic (exact) mass is 294 g/mol. The SMILES string of the molecule is COc1cccc(C2CCC(=O)CC2(O)C(=O)O)c1OC. The minimum atomic E-state index is -2.12. The van der Waals surface area contributed by atoms with E-state index < -0.39 is 23.9 Å². The van der Waals surface area contributed by atoms with Crippen LogP contribution in [0.5, 0.6) is 11.5 Å². The van der Waals surface area contributed by atoms with Gasteiger partial charge >= 0.3 is 5.97 Å². The molecule has 0 amide bonds. The van der Waals surface area contributed by atoms with Crippen molar-refractivity contribution < 1.29 is 29.3 Å². The van der Waals surface area contributed by atoms with Gasteiger partial charge in [0.2, 0.25) is 0 Å². The van der Waals surface area contributed by atoms with Gasteiger partial charge in [-0.1, -0.05) is 12.1 Å². The average molecular weight is 294 g/mol. The summed E-state index contributed by atoms with van der Waals surface area (Å²) in [6.45, 7) is 0. The number of aliphatic carboxylic acids is 1. The Hall–Kier alpha value is -2.08. The van der Waals surface area contributed by atoms with Crippen molar-refractivity contribution >= 4 is 11.8 Å². The van der Waals surface area contributed by atoms with Crippen molar-refractivity contribution in [1.29, 1.82) is 0 Å². The van der Waals surface area contributed by atoms with E-state index in [0.717, 1.165) is 0 Å². The lowest BCUT2D eigenvalue weighted by Crippen LogP contribution is -2.49. The molecule has 0 bridgehead atoms. The van der Waals surface area contributed by atoms with Gasteiger partial charge in [-0.3, -0.25) is 4.79 Å². The van der Waals surface area contributed by atoms with Crippen LogP contribution in [-0.4, -0.2) is 41.8 Å². The lowest BCUT2D eigenvalue weighted by molar-refractivity contribution is -0.167. The first-order chi connectivity index (χ1) is 9.93. The number of hydrogen-bond donors (Lipinski definition) is 2. The van der Waals surface area contributed by atoms with Crippen LogP contribution in [0.25, 0.3) is 0 Å². The van der Waals surface area contributed by atoms with Crippen molar-refractivity contribution in [2.75, 3.05) is 14.2 Å². The molecule has 1 aliphatic carbocycles. The summed E-state index contributed by atoms with van der Waals surface area (Å²) in [5.74, 6) is -1.53. The summed E-state index contributed by atoms with van der Waals surface area (Å²) in [5.41, 5.74) is -1.58. The number of rotatable bonds is 4. The van der Waals surface area contributed by atoms with Crippen molar-refractivity contribution in [1.82, 2.24) is 0 Å². The molecule has 0 heterocycles. The molecule has 1 aromatic carbocycles. The minimum absolute atomic E-state index is 0.237. The molecule has 0 aromatic heterocycles. The molecular weight excluding hydrogens is 276 g/mol. The molecule has 0 aliphatic heterocycles. The highest BCUT2D eigenvalue weighted by Gasteiger charge is 2.50. The molecule has 0 spiro atoms. The molecule has 2 N–H and O–H groups in total. The van der Waals surface area contributed by atoms with E-state index >= 15 is 0 Å². The molecule has 1 fully saturated rings. The topological polar surface area (TPSA) is 93.1 Å². The summed E-state index contributed by atoms with van der Waals surface area (Å²) < 4.78 is 10.5. The van der Waals surface area contributed by atoms with E-state index in [2.05, 4.69) is 0 Å². The zero-order chi connectivity index (χ0) is 15.6. The first-order valence-electron chi connectivity index (χ1n) is 6.62. The maximum atomic E-state index is 11.6. The summed E-state index contributed by atoms with van der Waals surface area (Å²) in [7, 11) is 2.94. The van der Waals surface area contributed by atoms with E-state index in [1.165, 1.54) is 14.2 Å². The molecule has 6 heteroatoms. The van der Waals surface area contributed by atoms with Crippen molar-refractivity contribution in [3.8, 4) is 11.5 Å². The molecule has 2 unspecified atom stereocenters. The van der Waals surface area contributed by atoms with Crippen LogP contribution < -0.4 is 9.47 Å². The predicted octanol–water partition coefficient (Wildman–Crippen LogP) is 1.36. The molecule has 0 saturated heterocycles. The Kier molecular flexibility index (Phi) is 4.18. The first-order valence-corrected chi connectivity index (χ1v) is 6.62. The van der Waals surface area contributed by atoms with Crippen molar-refractivity contribution in [3.05, 3.63) is 23.8 Å². The van der Waals surface area contributed by atoms with Gasteiger partial charge in [0.25, 0.3) is 0 Å². The van der Waals surface area contributed by atoms with Crippen LogP contribution in [0.2, 0.25) is 0 Å². The molecule has 6 nitrogen and oxygen atoms in total. The van der Waals surface area contributed by atoms with Gasteiger partial charge in [0.1, 0.15) is 5.78 Å². The Balaban J connectivity index is 2.53. The minimum Gasteiger partial charge on any atom is -0.493 e. The van der Waals surface area contributed by atoms with E-state index in [1.807, 2.05) is 0 Å². The van der Waals surface area contributed by atoms with Crippen molar-refractivity contribution in [3.63, 3.8) is 0 Å². The number of para-hydroxylation sites is 1. The summed E-state index contributed by atoms with van der Waals surface area (Å²) in [6.07, 6.45) is 0.0964. The second kappa shape index (κ2) is 5.73. The van der Waals surface area contributed by atoms with Crippen LogP contribution in [0.1, 0.15) is 30.7 Å². The van der Waals surface area contributed by atoms with Crippen LogP contribution in [0.15, 0.2) is 18.2 Å². The third-order valence-corrected chi connectivity index (χ3v) is 3.93. The third-order valence-electron chi connectivity index (χ3n) is 3.93. The second-order valence-corrected chi connectivity index (χ2v) is 5.12. The largest absolute Gasteiger partial charge is 0.493 e. The van der Waals surface area contributed by atoms with Crippen LogP contribution in [0.4, 0.5) is 0 Å². The fraction of sp³-hybridized carbons (Fsp3) is 0.467. The van der Waals surface area contributed by atoms with E-state index in [0.29, 0.717) is 17.1 Å². The maximum Gasteiger partial charge on any atom is 0.336 e. The number of hydrogen-bond acceptors (Lipinski definition) is 5. The smallest absolute Gasteiger partial charge is 0.336 e. The average Bonchev–Trinajstić information content (AvgIpc) is 2.46. The van der Waals surface area contributed by atoms with Gasteiger partial charge in [0.15, 0.2) is 17.1 Å². The summed E-state index contributed by atoms with van der Waals surface area (Å²) in [4.78, 5) is 23.0. The highest BCUT2D eigenvalue weighted by molar-refractivity contribution is 5.90. The zero-order valence-corrected chi connectivity index (χ0v) is 12.0. The molecule has 0 radical (unpaired) electrons. The molecule has 2 rings (SSSR count). The summed E-state index contributed by atoms with van der Waals surface area (Å²) >= 11 is 0. The standard InChI is InChI=1S/C15H18O6/c1-20-12-5-3-4-10(13(12)21-2)11-7-6-9(16)8-15(11,19)14(17)18/h3-5,11,19H,6-8H2,1-2H3,(H,17,18). The second-order valence-electron chi connectivity index (χ2n) is 5.12. The number of ether oxygens (including phenoxy) is 2. The molecule has 21 heavy (non-hydrogen) atoms. The van der Waals surface area contributed by atoms with Crippen LogP contribution in [0, 0.1) is 0 Å². The Morgan fingerprint density at radius 2 is 2.05 bits per heavy atom. The number of ketones is 1. The van der Waals surface area contributed by atoms with Gasteiger partial charge in [-0.15, -0.1) is 0 Å².